The second-order valence-corrected chi connectivity index (χ2v) is 4.49. The average Bonchev–Trinajstić information content (AvgIpc) is 2.66. The van der Waals surface area contributed by atoms with E-state index >= 15 is 0 Å². The lowest BCUT2D eigenvalue weighted by Gasteiger charge is -2.20. The molecule has 3 heteroatoms. The summed E-state index contributed by atoms with van der Waals surface area (Å²) in [4.78, 5) is 0. The van der Waals surface area contributed by atoms with Gasteiger partial charge in [0.1, 0.15) is 0 Å². The zero-order chi connectivity index (χ0) is 10.6. The van der Waals surface area contributed by atoms with Gasteiger partial charge in [-0.1, -0.05) is 6.92 Å². The van der Waals surface area contributed by atoms with Crippen LogP contribution in [0.4, 0.5) is 0 Å². The Kier molecular flexibility index (Phi) is 4.58. The van der Waals surface area contributed by atoms with Crippen LogP contribution in [0.15, 0.2) is 16.8 Å². The fraction of sp³-hybridized carbons (Fsp3) is 0.636. The zero-order valence-corrected chi connectivity index (χ0v) is 9.50. The number of rotatable bonds is 5. The van der Waals surface area contributed by atoms with Gasteiger partial charge in [-0.3, -0.25) is 0 Å². The minimum atomic E-state index is -0.636. The van der Waals surface area contributed by atoms with Crippen molar-refractivity contribution in [1.29, 1.82) is 0 Å². The van der Waals surface area contributed by atoms with Crippen molar-refractivity contribution in [1.82, 2.24) is 0 Å². The van der Waals surface area contributed by atoms with Gasteiger partial charge in [-0.25, -0.2) is 0 Å². The number of hydrogen-bond acceptors (Lipinski definition) is 3. The standard InChI is InChI=1S/C11H18O2S/c1-3-9(6-11(13)8(2)12)10-4-5-14-7-10/h4-5,7-9,11-13H,3,6H2,1-2H3. The van der Waals surface area contributed by atoms with Gasteiger partial charge in [0.05, 0.1) is 12.2 Å². The Hall–Kier alpha value is -0.380. The molecule has 1 aromatic heterocycles. The lowest BCUT2D eigenvalue weighted by molar-refractivity contribution is 0.0215. The highest BCUT2D eigenvalue weighted by Gasteiger charge is 2.18. The van der Waals surface area contributed by atoms with Crippen molar-refractivity contribution in [2.75, 3.05) is 0 Å². The molecule has 0 saturated carbocycles. The molecule has 0 aliphatic heterocycles. The Morgan fingerprint density at radius 2 is 2.14 bits per heavy atom. The van der Waals surface area contributed by atoms with Crippen LogP contribution >= 0.6 is 11.3 Å². The van der Waals surface area contributed by atoms with Crippen molar-refractivity contribution in [3.05, 3.63) is 22.4 Å². The Morgan fingerprint density at radius 3 is 2.57 bits per heavy atom. The molecule has 3 atom stereocenters. The maximum absolute atomic E-state index is 9.58. The third-order valence-electron chi connectivity index (χ3n) is 2.59. The summed E-state index contributed by atoms with van der Waals surface area (Å²) in [5, 5.41) is 23.0. The van der Waals surface area contributed by atoms with Gasteiger partial charge in [-0.05, 0) is 48.1 Å². The molecule has 0 saturated heterocycles. The highest BCUT2D eigenvalue weighted by atomic mass is 32.1. The van der Waals surface area contributed by atoms with E-state index in [1.54, 1.807) is 18.3 Å². The molecule has 0 amide bonds. The highest BCUT2D eigenvalue weighted by Crippen LogP contribution is 2.27. The molecule has 0 radical (unpaired) electrons. The first-order valence-electron chi connectivity index (χ1n) is 5.03. The van der Waals surface area contributed by atoms with Crippen LogP contribution in [0.25, 0.3) is 0 Å². The predicted octanol–water partition coefficient (Wildman–Crippen LogP) is 2.37. The molecule has 0 spiro atoms. The van der Waals surface area contributed by atoms with Gasteiger partial charge in [0.2, 0.25) is 0 Å². The van der Waals surface area contributed by atoms with Gasteiger partial charge in [0, 0.05) is 0 Å². The van der Waals surface area contributed by atoms with Crippen molar-refractivity contribution < 1.29 is 10.2 Å². The van der Waals surface area contributed by atoms with Crippen molar-refractivity contribution in [3.63, 3.8) is 0 Å². The quantitative estimate of drug-likeness (QED) is 0.790. The number of aliphatic hydroxyl groups is 2. The topological polar surface area (TPSA) is 40.5 Å². The normalized spacial score (nSPS) is 17.7. The molecule has 1 rings (SSSR count). The third kappa shape index (κ3) is 3.08. The molecule has 2 N–H and O–H groups in total. The fourth-order valence-corrected chi connectivity index (χ4v) is 2.28. The monoisotopic (exact) mass is 214 g/mol. The molecule has 0 bridgehead atoms. The van der Waals surface area contributed by atoms with Crippen LogP contribution in [0, 0.1) is 0 Å². The molecular formula is C11H18O2S. The largest absolute Gasteiger partial charge is 0.391 e. The molecule has 0 aliphatic rings. The first kappa shape index (κ1) is 11.7. The summed E-state index contributed by atoms with van der Waals surface area (Å²) in [6.07, 6.45) is 0.397. The number of thiophene rings is 1. The third-order valence-corrected chi connectivity index (χ3v) is 3.29. The predicted molar refractivity (Wildman–Crippen MR) is 59.7 cm³/mol. The number of aliphatic hydroxyl groups excluding tert-OH is 2. The van der Waals surface area contributed by atoms with E-state index in [2.05, 4.69) is 18.4 Å². The van der Waals surface area contributed by atoms with E-state index in [-0.39, 0.29) is 0 Å². The summed E-state index contributed by atoms with van der Waals surface area (Å²) in [6.45, 7) is 3.74. The Balaban J connectivity index is 2.56. The van der Waals surface area contributed by atoms with Crippen molar-refractivity contribution in [2.45, 2.75) is 44.8 Å². The van der Waals surface area contributed by atoms with Crippen molar-refractivity contribution >= 4 is 11.3 Å². The molecule has 2 nitrogen and oxygen atoms in total. The van der Waals surface area contributed by atoms with E-state index < -0.39 is 12.2 Å². The summed E-state index contributed by atoms with van der Waals surface area (Å²) in [7, 11) is 0. The van der Waals surface area contributed by atoms with Crippen LogP contribution in [-0.4, -0.2) is 22.4 Å². The van der Waals surface area contributed by atoms with Crippen LogP contribution in [-0.2, 0) is 0 Å². The van der Waals surface area contributed by atoms with E-state index in [0.29, 0.717) is 12.3 Å². The second-order valence-electron chi connectivity index (χ2n) is 3.71. The van der Waals surface area contributed by atoms with E-state index in [4.69, 9.17) is 0 Å². The second kappa shape index (κ2) is 5.49. The summed E-state index contributed by atoms with van der Waals surface area (Å²) in [5.74, 6) is 0.367. The molecule has 1 heterocycles. The van der Waals surface area contributed by atoms with Crippen LogP contribution in [0.5, 0.6) is 0 Å². The minimum absolute atomic E-state index is 0.367. The zero-order valence-electron chi connectivity index (χ0n) is 8.68. The average molecular weight is 214 g/mol. The van der Waals surface area contributed by atoms with Gasteiger partial charge in [0.25, 0.3) is 0 Å². The first-order chi connectivity index (χ1) is 6.65. The van der Waals surface area contributed by atoms with Gasteiger partial charge >= 0.3 is 0 Å². The van der Waals surface area contributed by atoms with E-state index in [0.717, 1.165) is 6.42 Å². The Labute approximate surface area is 89.2 Å². The Bertz CT molecular complexity index is 244. The minimum Gasteiger partial charge on any atom is -0.391 e. The lowest BCUT2D eigenvalue weighted by Crippen LogP contribution is -2.24. The summed E-state index contributed by atoms with van der Waals surface area (Å²) in [5.41, 5.74) is 1.28. The van der Waals surface area contributed by atoms with E-state index in [9.17, 15) is 10.2 Å². The van der Waals surface area contributed by atoms with Gasteiger partial charge in [0.15, 0.2) is 0 Å². The first-order valence-corrected chi connectivity index (χ1v) is 5.97. The molecule has 3 unspecified atom stereocenters. The summed E-state index contributed by atoms with van der Waals surface area (Å²) in [6, 6.07) is 2.09. The summed E-state index contributed by atoms with van der Waals surface area (Å²) < 4.78 is 0. The molecule has 1 aromatic rings. The smallest absolute Gasteiger partial charge is 0.0802 e. The van der Waals surface area contributed by atoms with Crippen LogP contribution in [0.3, 0.4) is 0 Å². The maximum Gasteiger partial charge on any atom is 0.0802 e. The van der Waals surface area contributed by atoms with Gasteiger partial charge in [-0.2, -0.15) is 11.3 Å². The Morgan fingerprint density at radius 1 is 1.43 bits per heavy atom. The molecular weight excluding hydrogens is 196 g/mol. The maximum atomic E-state index is 9.58. The van der Waals surface area contributed by atoms with E-state index in [1.165, 1.54) is 5.56 Å². The van der Waals surface area contributed by atoms with Crippen LogP contribution in [0.1, 0.15) is 38.2 Å². The molecule has 0 fully saturated rings. The molecule has 14 heavy (non-hydrogen) atoms. The summed E-state index contributed by atoms with van der Waals surface area (Å²) >= 11 is 1.67. The fourth-order valence-electron chi connectivity index (χ4n) is 1.53. The highest BCUT2D eigenvalue weighted by molar-refractivity contribution is 7.07. The van der Waals surface area contributed by atoms with Gasteiger partial charge < -0.3 is 10.2 Å². The lowest BCUT2D eigenvalue weighted by atomic mass is 9.91. The van der Waals surface area contributed by atoms with Crippen molar-refractivity contribution in [2.24, 2.45) is 0 Å². The van der Waals surface area contributed by atoms with Crippen LogP contribution in [0.2, 0.25) is 0 Å². The molecule has 0 aliphatic carbocycles. The van der Waals surface area contributed by atoms with E-state index in [1.807, 2.05) is 5.38 Å². The van der Waals surface area contributed by atoms with Crippen molar-refractivity contribution in [3.8, 4) is 0 Å². The SMILES string of the molecule is CCC(CC(O)C(C)O)c1ccsc1. The van der Waals surface area contributed by atoms with Crippen LogP contribution < -0.4 is 0 Å². The number of hydrogen-bond donors (Lipinski definition) is 2. The molecule has 0 aromatic carbocycles. The van der Waals surface area contributed by atoms with Gasteiger partial charge in [-0.15, -0.1) is 0 Å². The molecule has 80 valence electrons.